The molecule has 2 N–H and O–H groups in total. The Morgan fingerprint density at radius 1 is 1.26 bits per heavy atom. The lowest BCUT2D eigenvalue weighted by molar-refractivity contribution is 0.0952. The van der Waals surface area contributed by atoms with E-state index < -0.39 is 0 Å². The monoisotopic (exact) mass is 346 g/mol. The number of carbonyl (C=O) groups is 1. The molecule has 0 fully saturated rings. The van der Waals surface area contributed by atoms with E-state index in [2.05, 4.69) is 21.7 Å². The lowest BCUT2D eigenvalue weighted by Crippen LogP contribution is -2.25. The highest BCUT2D eigenvalue weighted by atomic mass is 32.1. The van der Waals surface area contributed by atoms with E-state index in [0.29, 0.717) is 18.0 Å². The van der Waals surface area contributed by atoms with E-state index in [1.54, 1.807) is 11.3 Å². The van der Waals surface area contributed by atoms with Gasteiger partial charge in [-0.25, -0.2) is 4.98 Å². The first kappa shape index (κ1) is 16.1. The van der Waals surface area contributed by atoms with Crippen LogP contribution >= 0.6 is 22.7 Å². The maximum absolute atomic E-state index is 12.2. The van der Waals surface area contributed by atoms with Crippen LogP contribution < -0.4 is 5.32 Å². The molecule has 6 heteroatoms. The average molecular weight is 346 g/mol. The number of aliphatic hydroxyl groups is 1. The highest BCUT2D eigenvalue weighted by molar-refractivity contribution is 7.20. The van der Waals surface area contributed by atoms with Crippen LogP contribution in [0.15, 0.2) is 41.1 Å². The van der Waals surface area contributed by atoms with E-state index in [-0.39, 0.29) is 18.4 Å². The second-order valence-corrected chi connectivity index (χ2v) is 7.11. The lowest BCUT2D eigenvalue weighted by Gasteiger charge is -2.14. The van der Waals surface area contributed by atoms with Crippen molar-refractivity contribution in [2.45, 2.75) is 18.8 Å². The van der Waals surface area contributed by atoms with E-state index in [4.69, 9.17) is 0 Å². The maximum Gasteiger partial charge on any atom is 0.280 e. The van der Waals surface area contributed by atoms with Crippen molar-refractivity contribution in [3.8, 4) is 0 Å². The van der Waals surface area contributed by atoms with Crippen LogP contribution in [-0.2, 0) is 0 Å². The van der Waals surface area contributed by atoms with Gasteiger partial charge in [0.15, 0.2) is 5.01 Å². The molecule has 0 spiro atoms. The standard InChI is InChI=1S/C17H18N2O2S2/c20-9-6-12(13-7-10-22-11-13)5-8-18-16(21)17-19-14-3-1-2-4-15(14)23-17/h1-4,7,10-12,20H,5-6,8-9H2,(H,18,21)/t12-/m0/s1. The topological polar surface area (TPSA) is 62.2 Å². The van der Waals surface area contributed by atoms with Crippen molar-refractivity contribution in [1.29, 1.82) is 0 Å². The van der Waals surface area contributed by atoms with E-state index in [0.717, 1.165) is 16.6 Å². The van der Waals surface area contributed by atoms with E-state index in [9.17, 15) is 9.90 Å². The van der Waals surface area contributed by atoms with E-state index in [1.165, 1.54) is 16.9 Å². The molecule has 1 amide bonds. The number of hydrogen-bond acceptors (Lipinski definition) is 5. The normalized spacial score (nSPS) is 12.4. The SMILES string of the molecule is O=C(NCC[C@@H](CCO)c1ccsc1)c1nc2ccccc2s1. The van der Waals surface area contributed by atoms with Gasteiger partial charge in [-0.2, -0.15) is 11.3 Å². The van der Waals surface area contributed by atoms with Gasteiger partial charge in [-0.3, -0.25) is 4.79 Å². The predicted molar refractivity (Wildman–Crippen MR) is 95.3 cm³/mol. The molecule has 2 aromatic heterocycles. The van der Waals surface area contributed by atoms with Gasteiger partial charge in [0.1, 0.15) is 0 Å². The number of amides is 1. The number of nitrogens with zero attached hydrogens (tertiary/aromatic N) is 1. The molecule has 1 atom stereocenters. The molecular weight excluding hydrogens is 328 g/mol. The van der Waals surface area contributed by atoms with Crippen LogP contribution in [0.5, 0.6) is 0 Å². The molecule has 120 valence electrons. The van der Waals surface area contributed by atoms with Gasteiger partial charge in [0, 0.05) is 13.2 Å². The molecule has 0 aliphatic carbocycles. The minimum absolute atomic E-state index is 0.126. The summed E-state index contributed by atoms with van der Waals surface area (Å²) in [6.45, 7) is 0.738. The Bertz CT molecular complexity index is 735. The molecule has 2 heterocycles. The number of benzene rings is 1. The van der Waals surface area contributed by atoms with Crippen molar-refractivity contribution in [3.63, 3.8) is 0 Å². The summed E-state index contributed by atoms with van der Waals surface area (Å²) in [4.78, 5) is 16.6. The minimum atomic E-state index is -0.126. The summed E-state index contributed by atoms with van der Waals surface area (Å²) in [5, 5.41) is 16.8. The van der Waals surface area contributed by atoms with Crippen molar-refractivity contribution in [1.82, 2.24) is 10.3 Å². The number of carbonyl (C=O) groups excluding carboxylic acids is 1. The van der Waals surface area contributed by atoms with Gasteiger partial charge < -0.3 is 10.4 Å². The van der Waals surface area contributed by atoms with Crippen molar-refractivity contribution in [2.24, 2.45) is 0 Å². The van der Waals surface area contributed by atoms with Crippen LogP contribution in [0.3, 0.4) is 0 Å². The molecule has 0 radical (unpaired) electrons. The lowest BCUT2D eigenvalue weighted by atomic mass is 9.95. The molecule has 3 aromatic rings. The van der Waals surface area contributed by atoms with Gasteiger partial charge in [-0.05, 0) is 53.3 Å². The van der Waals surface area contributed by atoms with Gasteiger partial charge >= 0.3 is 0 Å². The van der Waals surface area contributed by atoms with Crippen molar-refractivity contribution >= 4 is 38.8 Å². The Balaban J connectivity index is 1.57. The number of fused-ring (bicyclic) bond motifs is 1. The molecule has 0 saturated carbocycles. The zero-order valence-corrected chi connectivity index (χ0v) is 14.2. The van der Waals surface area contributed by atoms with Gasteiger partial charge in [-0.1, -0.05) is 12.1 Å². The summed E-state index contributed by atoms with van der Waals surface area (Å²) in [5.74, 6) is 0.154. The van der Waals surface area contributed by atoms with Crippen molar-refractivity contribution in [3.05, 3.63) is 51.7 Å². The Hall–Kier alpha value is -1.76. The van der Waals surface area contributed by atoms with Crippen LogP contribution in [0.1, 0.15) is 34.1 Å². The summed E-state index contributed by atoms with van der Waals surface area (Å²) in [6.07, 6.45) is 1.53. The van der Waals surface area contributed by atoms with Crippen LogP contribution in [0.25, 0.3) is 10.2 Å². The van der Waals surface area contributed by atoms with Crippen LogP contribution in [0, 0.1) is 0 Å². The van der Waals surface area contributed by atoms with Crippen LogP contribution in [-0.4, -0.2) is 29.1 Å². The number of para-hydroxylation sites is 1. The smallest absolute Gasteiger partial charge is 0.280 e. The molecule has 0 unspecified atom stereocenters. The molecule has 0 saturated heterocycles. The number of aromatic nitrogens is 1. The largest absolute Gasteiger partial charge is 0.396 e. The molecule has 0 bridgehead atoms. The minimum Gasteiger partial charge on any atom is -0.396 e. The van der Waals surface area contributed by atoms with Gasteiger partial charge in [0.25, 0.3) is 5.91 Å². The molecule has 0 aliphatic rings. The third-order valence-electron chi connectivity index (χ3n) is 3.76. The zero-order chi connectivity index (χ0) is 16.1. The summed E-state index contributed by atoms with van der Waals surface area (Å²) in [6, 6.07) is 9.83. The van der Waals surface area contributed by atoms with Gasteiger partial charge in [0.05, 0.1) is 10.2 Å². The molecule has 1 aromatic carbocycles. The first-order chi connectivity index (χ1) is 11.3. The number of nitrogens with one attached hydrogen (secondary N) is 1. The van der Waals surface area contributed by atoms with Crippen LogP contribution in [0.2, 0.25) is 0 Å². The second-order valence-electron chi connectivity index (χ2n) is 5.30. The van der Waals surface area contributed by atoms with E-state index in [1.807, 2.05) is 29.6 Å². The highest BCUT2D eigenvalue weighted by Gasteiger charge is 2.14. The fourth-order valence-corrected chi connectivity index (χ4v) is 4.17. The second kappa shape index (κ2) is 7.68. The highest BCUT2D eigenvalue weighted by Crippen LogP contribution is 2.25. The third-order valence-corrected chi connectivity index (χ3v) is 5.50. The van der Waals surface area contributed by atoms with Crippen LogP contribution in [0.4, 0.5) is 0 Å². The predicted octanol–water partition coefficient (Wildman–Crippen LogP) is 3.64. The quantitative estimate of drug-likeness (QED) is 0.686. The van der Waals surface area contributed by atoms with Gasteiger partial charge in [0.2, 0.25) is 0 Å². The maximum atomic E-state index is 12.2. The number of thiazole rings is 1. The molecule has 4 nitrogen and oxygen atoms in total. The first-order valence-electron chi connectivity index (χ1n) is 7.54. The summed E-state index contributed by atoms with van der Waals surface area (Å²) in [5.41, 5.74) is 2.09. The Labute approximate surface area is 142 Å². The molecular formula is C17H18N2O2S2. The number of aliphatic hydroxyl groups excluding tert-OH is 1. The van der Waals surface area contributed by atoms with Crippen molar-refractivity contribution < 1.29 is 9.90 Å². The zero-order valence-electron chi connectivity index (χ0n) is 12.6. The molecule has 0 aliphatic heterocycles. The fraction of sp³-hybridized carbons (Fsp3) is 0.294. The number of thiophene rings is 1. The third kappa shape index (κ3) is 3.96. The van der Waals surface area contributed by atoms with E-state index >= 15 is 0 Å². The molecule has 23 heavy (non-hydrogen) atoms. The Kier molecular flexibility index (Phi) is 5.38. The first-order valence-corrected chi connectivity index (χ1v) is 9.30. The number of hydrogen-bond donors (Lipinski definition) is 2. The van der Waals surface area contributed by atoms with Gasteiger partial charge in [-0.15, -0.1) is 11.3 Å². The van der Waals surface area contributed by atoms with Crippen molar-refractivity contribution in [2.75, 3.05) is 13.2 Å². The average Bonchev–Trinajstić information content (AvgIpc) is 3.23. The number of rotatable bonds is 7. The fourth-order valence-electron chi connectivity index (χ4n) is 2.55. The summed E-state index contributed by atoms with van der Waals surface area (Å²) < 4.78 is 1.02. The summed E-state index contributed by atoms with van der Waals surface area (Å²) in [7, 11) is 0. The Morgan fingerprint density at radius 2 is 2.13 bits per heavy atom. The Morgan fingerprint density at radius 3 is 2.87 bits per heavy atom. The molecule has 3 rings (SSSR count). The summed E-state index contributed by atoms with van der Waals surface area (Å²) >= 11 is 3.07.